The largest absolute Gasteiger partial charge is 0.373 e. The molecule has 6 heteroatoms. The van der Waals surface area contributed by atoms with E-state index in [-0.39, 0.29) is 24.0 Å². The number of carbonyl (C=O) groups is 1. The fourth-order valence-corrected chi connectivity index (χ4v) is 4.01. The molecule has 5 nitrogen and oxygen atoms in total. The number of aryl methyl sites for hydroxylation is 2. The second-order valence-corrected chi connectivity index (χ2v) is 7.12. The van der Waals surface area contributed by atoms with Crippen LogP contribution in [0, 0.1) is 19.8 Å². The van der Waals surface area contributed by atoms with Crippen molar-refractivity contribution >= 4 is 17.2 Å². The van der Waals surface area contributed by atoms with Crippen molar-refractivity contribution in [1.29, 1.82) is 0 Å². The lowest BCUT2D eigenvalue weighted by atomic mass is 9.93. The molecule has 1 N–H and O–H groups in total. The zero-order valence-electron chi connectivity index (χ0n) is 14.0. The third-order valence-corrected chi connectivity index (χ3v) is 5.66. The summed E-state index contributed by atoms with van der Waals surface area (Å²) in [5.74, 6) is -0.0879. The van der Waals surface area contributed by atoms with Crippen molar-refractivity contribution in [3.8, 4) is 0 Å². The number of aromatic nitrogens is 2. The highest BCUT2D eigenvalue weighted by molar-refractivity contribution is 7.10. The molecule has 1 saturated heterocycles. The summed E-state index contributed by atoms with van der Waals surface area (Å²) in [7, 11) is 1.93. The average molecular weight is 333 g/mol. The van der Waals surface area contributed by atoms with Crippen LogP contribution in [-0.2, 0) is 16.6 Å². The fourth-order valence-electron chi connectivity index (χ4n) is 3.27. The summed E-state index contributed by atoms with van der Waals surface area (Å²) >= 11 is 1.66. The highest BCUT2D eigenvalue weighted by Gasteiger charge is 2.38. The summed E-state index contributed by atoms with van der Waals surface area (Å²) in [6, 6.07) is 4.08. The predicted octanol–water partition coefficient (Wildman–Crippen LogP) is 3.05. The van der Waals surface area contributed by atoms with E-state index < -0.39 is 0 Å². The molecule has 0 spiro atoms. The number of hydrogen-bond donors (Lipinski definition) is 1. The number of rotatable bonds is 4. The Bertz CT molecular complexity index is 693. The van der Waals surface area contributed by atoms with Crippen LogP contribution >= 0.6 is 11.3 Å². The van der Waals surface area contributed by atoms with E-state index in [1.165, 1.54) is 4.88 Å². The fraction of sp³-hybridized carbons (Fsp3) is 0.529. The lowest BCUT2D eigenvalue weighted by Crippen LogP contribution is -2.34. The molecule has 23 heavy (non-hydrogen) atoms. The molecule has 1 amide bonds. The predicted molar refractivity (Wildman–Crippen MR) is 90.4 cm³/mol. The maximum atomic E-state index is 12.8. The average Bonchev–Trinajstić information content (AvgIpc) is 3.21. The molecule has 0 bridgehead atoms. The summed E-state index contributed by atoms with van der Waals surface area (Å²) in [5.41, 5.74) is 3.08. The first-order chi connectivity index (χ1) is 11.0. The lowest BCUT2D eigenvalue weighted by Gasteiger charge is -2.21. The van der Waals surface area contributed by atoms with Crippen LogP contribution in [0.25, 0.3) is 0 Å². The number of carbonyl (C=O) groups excluding carboxylic acids is 1. The van der Waals surface area contributed by atoms with E-state index in [0.717, 1.165) is 23.4 Å². The van der Waals surface area contributed by atoms with E-state index in [1.54, 1.807) is 11.3 Å². The maximum Gasteiger partial charge on any atom is 0.226 e. The van der Waals surface area contributed by atoms with E-state index in [4.69, 9.17) is 4.74 Å². The minimum Gasteiger partial charge on any atom is -0.373 e. The zero-order chi connectivity index (χ0) is 16.6. The van der Waals surface area contributed by atoms with Crippen LogP contribution in [0.2, 0.25) is 0 Å². The number of nitrogens with one attached hydrogen (secondary N) is 1. The molecule has 0 radical (unpaired) electrons. The van der Waals surface area contributed by atoms with Crippen LogP contribution in [0.1, 0.15) is 47.3 Å². The third-order valence-electron chi connectivity index (χ3n) is 4.61. The van der Waals surface area contributed by atoms with Gasteiger partial charge in [0.15, 0.2) is 0 Å². The van der Waals surface area contributed by atoms with Crippen molar-refractivity contribution in [1.82, 2.24) is 15.1 Å². The summed E-state index contributed by atoms with van der Waals surface area (Å²) in [4.78, 5) is 13.9. The molecule has 3 rings (SSSR count). The molecule has 1 aliphatic heterocycles. The van der Waals surface area contributed by atoms with Crippen molar-refractivity contribution in [2.45, 2.75) is 39.3 Å². The van der Waals surface area contributed by atoms with Gasteiger partial charge in [0, 0.05) is 29.8 Å². The van der Waals surface area contributed by atoms with Crippen molar-refractivity contribution in [2.75, 3.05) is 6.61 Å². The number of hydrogen-bond acceptors (Lipinski definition) is 4. The van der Waals surface area contributed by atoms with Gasteiger partial charge in [0.05, 0.1) is 23.8 Å². The summed E-state index contributed by atoms with van der Waals surface area (Å²) < 4.78 is 7.77. The lowest BCUT2D eigenvalue weighted by molar-refractivity contribution is -0.127. The summed E-state index contributed by atoms with van der Waals surface area (Å²) in [6.07, 6.45) is 0.556. The Labute approximate surface area is 140 Å². The zero-order valence-corrected chi connectivity index (χ0v) is 14.8. The normalized spacial score (nSPS) is 22.3. The second-order valence-electron chi connectivity index (χ2n) is 6.14. The van der Waals surface area contributed by atoms with Gasteiger partial charge >= 0.3 is 0 Å². The first kappa shape index (κ1) is 16.2. The molecule has 124 valence electrons. The second kappa shape index (κ2) is 6.45. The van der Waals surface area contributed by atoms with E-state index in [2.05, 4.69) is 10.4 Å². The molecule has 2 aromatic heterocycles. The quantitative estimate of drug-likeness (QED) is 0.935. The monoisotopic (exact) mass is 333 g/mol. The summed E-state index contributed by atoms with van der Waals surface area (Å²) in [5, 5.41) is 9.62. The van der Waals surface area contributed by atoms with Gasteiger partial charge in [-0.15, -0.1) is 11.3 Å². The Balaban J connectivity index is 1.77. The number of thiophene rings is 1. The molecule has 1 aliphatic rings. The van der Waals surface area contributed by atoms with E-state index in [0.29, 0.717) is 6.61 Å². The van der Waals surface area contributed by atoms with Crippen LogP contribution in [0.5, 0.6) is 0 Å². The Morgan fingerprint density at radius 1 is 1.52 bits per heavy atom. The molecule has 0 aromatic carbocycles. The maximum absolute atomic E-state index is 12.8. The molecule has 3 heterocycles. The number of ether oxygens (including phenoxy) is 1. The highest BCUT2D eigenvalue weighted by atomic mass is 32.1. The van der Waals surface area contributed by atoms with E-state index in [9.17, 15) is 4.79 Å². The van der Waals surface area contributed by atoms with Gasteiger partial charge in [-0.1, -0.05) is 6.07 Å². The Morgan fingerprint density at radius 2 is 2.30 bits per heavy atom. The van der Waals surface area contributed by atoms with Crippen molar-refractivity contribution in [3.05, 3.63) is 39.3 Å². The molecule has 0 aliphatic carbocycles. The number of amides is 1. The minimum atomic E-state index is -0.195. The molecule has 0 unspecified atom stereocenters. The van der Waals surface area contributed by atoms with Gasteiger partial charge in [-0.05, 0) is 38.6 Å². The summed E-state index contributed by atoms with van der Waals surface area (Å²) in [6.45, 7) is 6.65. The minimum absolute atomic E-state index is 0.0276. The first-order valence-electron chi connectivity index (χ1n) is 7.94. The van der Waals surface area contributed by atoms with Crippen LogP contribution in [0.15, 0.2) is 17.5 Å². The van der Waals surface area contributed by atoms with Crippen molar-refractivity contribution in [2.24, 2.45) is 13.0 Å². The van der Waals surface area contributed by atoms with Gasteiger partial charge in [-0.25, -0.2) is 0 Å². The first-order valence-corrected chi connectivity index (χ1v) is 8.82. The van der Waals surface area contributed by atoms with Crippen LogP contribution in [-0.4, -0.2) is 22.3 Å². The van der Waals surface area contributed by atoms with E-state index >= 15 is 0 Å². The van der Waals surface area contributed by atoms with Gasteiger partial charge in [0.2, 0.25) is 5.91 Å². The molecule has 2 aromatic rings. The molecule has 0 saturated carbocycles. The van der Waals surface area contributed by atoms with Gasteiger partial charge < -0.3 is 10.1 Å². The van der Waals surface area contributed by atoms with Gasteiger partial charge in [-0.3, -0.25) is 9.48 Å². The Kier molecular flexibility index (Phi) is 4.55. The van der Waals surface area contributed by atoms with Gasteiger partial charge in [-0.2, -0.15) is 5.10 Å². The van der Waals surface area contributed by atoms with Gasteiger partial charge in [0.25, 0.3) is 0 Å². The van der Waals surface area contributed by atoms with Crippen LogP contribution in [0.4, 0.5) is 0 Å². The molecular formula is C17H23N3O2S. The van der Waals surface area contributed by atoms with Crippen molar-refractivity contribution < 1.29 is 9.53 Å². The molecule has 3 atom stereocenters. The topological polar surface area (TPSA) is 56.2 Å². The third kappa shape index (κ3) is 3.05. The van der Waals surface area contributed by atoms with Crippen LogP contribution < -0.4 is 5.32 Å². The standard InChI is InChI=1S/C17H23N3O2S/c1-10(14-6-5-9-23-14)18-17(21)13-7-8-22-16(13)15-11(2)19-20(4)12(15)3/h5-6,9-10,13,16H,7-8H2,1-4H3,(H,18,21)/t10-,13+,16+/m1/s1. The SMILES string of the molecule is Cc1nn(C)c(C)c1[C@H]1OCC[C@@H]1C(=O)N[C@H](C)c1cccs1. The Hall–Kier alpha value is -1.66. The number of nitrogens with zero attached hydrogens (tertiary/aromatic N) is 2. The van der Waals surface area contributed by atoms with Crippen molar-refractivity contribution in [3.63, 3.8) is 0 Å². The smallest absolute Gasteiger partial charge is 0.226 e. The van der Waals surface area contributed by atoms with E-state index in [1.807, 2.05) is 50.0 Å². The molecule has 1 fully saturated rings. The highest BCUT2D eigenvalue weighted by Crippen LogP contribution is 2.38. The van der Waals surface area contributed by atoms with Crippen LogP contribution in [0.3, 0.4) is 0 Å². The van der Waals surface area contributed by atoms with Gasteiger partial charge in [0.1, 0.15) is 0 Å². The Morgan fingerprint density at radius 3 is 2.91 bits per heavy atom. The molecular weight excluding hydrogens is 310 g/mol.